The molecule has 0 spiro atoms. The van der Waals surface area contributed by atoms with E-state index in [1.807, 2.05) is 0 Å². The Hall–Kier alpha value is 1.20. The summed E-state index contributed by atoms with van der Waals surface area (Å²) in [5.41, 5.74) is 0. The molecule has 0 fully saturated rings. The molecule has 0 aromatic carbocycles. The molecule has 0 saturated carbocycles. The van der Waals surface area contributed by atoms with Gasteiger partial charge in [0.1, 0.15) is 0 Å². The molecule has 0 amide bonds. The van der Waals surface area contributed by atoms with Crippen LogP contribution < -0.4 is 0 Å². The van der Waals surface area contributed by atoms with Crippen molar-refractivity contribution < 1.29 is 10.3 Å². The molecule has 0 rings (SSSR count). The van der Waals surface area contributed by atoms with Gasteiger partial charge < -0.3 is 5.48 Å². The monoisotopic (exact) mass is 201 g/mol. The summed E-state index contributed by atoms with van der Waals surface area (Å²) in [4.78, 5) is 8.68. The number of hydrogen-bond donors (Lipinski definition) is 0. The summed E-state index contributed by atoms with van der Waals surface area (Å²) in [6.45, 7) is 1.32. The summed E-state index contributed by atoms with van der Waals surface area (Å²) in [7, 11) is 0. The zero-order valence-corrected chi connectivity index (χ0v) is 2.41. The molecule has 29 valence electrons. The molecule has 3 heteroatoms. The van der Waals surface area contributed by atoms with Crippen molar-refractivity contribution in [3.8, 4) is 0 Å². The third kappa shape index (κ3) is 36.9. The molecule has 0 heterocycles. The van der Waals surface area contributed by atoms with E-state index >= 15 is 0 Å². The summed E-state index contributed by atoms with van der Waals surface area (Å²) in [5.74, 6) is 0. The second-order valence-corrected chi connectivity index (χ2v) is 0.204. The molecule has 0 unspecified atom stereocenters. The Morgan fingerprint density at radius 1 is 1.60 bits per heavy atom. The van der Waals surface area contributed by atoms with Crippen molar-refractivity contribution in [2.75, 3.05) is 0 Å². The average molecular weight is 200 g/mol. The fraction of sp³-hybridized carbons (Fsp3) is 0.500. The van der Waals surface area contributed by atoms with Crippen molar-refractivity contribution in [1.29, 1.82) is 0 Å². The molecule has 0 aliphatic carbocycles. The molecule has 0 aromatic heterocycles. The summed E-state index contributed by atoms with van der Waals surface area (Å²) in [6, 6.07) is 0. The standard InChI is InChI=1S/C2H3O.Ba.H2O.2H/c1-2-3;;;;/h1H3;;1H2;;. The van der Waals surface area contributed by atoms with Crippen molar-refractivity contribution in [3.05, 3.63) is 0 Å². The van der Waals surface area contributed by atoms with Gasteiger partial charge in [-0.1, -0.05) is 0 Å². The average Bonchev–Trinajstić information content (AvgIpc) is 0.918. The first-order valence-corrected chi connectivity index (χ1v) is 0.704. The fourth-order valence-corrected chi connectivity index (χ4v) is 0. The predicted octanol–water partition coefficient (Wildman–Crippen LogP) is -1.62. The Bertz CT molecular complexity index is 15.1. The Morgan fingerprint density at radius 2 is 1.60 bits per heavy atom. The van der Waals surface area contributed by atoms with Gasteiger partial charge in [-0.15, -0.1) is 0 Å². The van der Waals surface area contributed by atoms with E-state index in [-0.39, 0.29) is 54.4 Å². The van der Waals surface area contributed by atoms with E-state index in [0.717, 1.165) is 0 Å². The van der Waals surface area contributed by atoms with Crippen LogP contribution in [0.2, 0.25) is 0 Å². The SMILES string of the molecule is C[C]=O.O.[BaH2]. The first-order valence-electron chi connectivity index (χ1n) is 0.704. The van der Waals surface area contributed by atoms with Gasteiger partial charge in [-0.25, -0.2) is 0 Å². The molecule has 0 aliphatic rings. The Balaban J connectivity index is -0.0000000200. The zero-order valence-electron chi connectivity index (χ0n) is 2.41. The van der Waals surface area contributed by atoms with Crippen molar-refractivity contribution in [2.45, 2.75) is 6.92 Å². The summed E-state index contributed by atoms with van der Waals surface area (Å²) in [6.07, 6.45) is 1.50. The van der Waals surface area contributed by atoms with Gasteiger partial charge in [-0.3, -0.25) is 4.79 Å². The van der Waals surface area contributed by atoms with E-state index in [2.05, 4.69) is 0 Å². The maximum atomic E-state index is 8.68. The van der Waals surface area contributed by atoms with E-state index in [9.17, 15) is 0 Å². The summed E-state index contributed by atoms with van der Waals surface area (Å²) >= 11 is 0. The molecule has 1 radical (unpaired) electrons. The van der Waals surface area contributed by atoms with Crippen LogP contribution in [0.5, 0.6) is 0 Å². The normalized spacial score (nSPS) is 2.60. The van der Waals surface area contributed by atoms with Crippen LogP contribution in [-0.2, 0) is 4.79 Å². The van der Waals surface area contributed by atoms with Gasteiger partial charge in [0.25, 0.3) is 0 Å². The molecule has 0 bridgehead atoms. The van der Waals surface area contributed by atoms with Gasteiger partial charge in [0.2, 0.25) is 0 Å². The number of hydrogen-bond acceptors (Lipinski definition) is 1. The second-order valence-electron chi connectivity index (χ2n) is 0.204. The predicted molar refractivity (Wildman–Crippen MR) is 23.5 cm³/mol. The number of carbonyl (C=O) groups excluding carboxylic acids is 1. The van der Waals surface area contributed by atoms with E-state index < -0.39 is 0 Å². The van der Waals surface area contributed by atoms with Crippen LogP contribution in [0.1, 0.15) is 6.92 Å². The van der Waals surface area contributed by atoms with Crippen molar-refractivity contribution >= 4 is 55.2 Å². The molecule has 0 saturated heterocycles. The van der Waals surface area contributed by atoms with E-state index in [4.69, 9.17) is 4.79 Å². The quantitative estimate of drug-likeness (QED) is 0.433. The Labute approximate surface area is 71.3 Å². The summed E-state index contributed by atoms with van der Waals surface area (Å²) in [5, 5.41) is 0. The van der Waals surface area contributed by atoms with Crippen molar-refractivity contribution in [1.82, 2.24) is 0 Å². The van der Waals surface area contributed by atoms with E-state index in [1.54, 1.807) is 0 Å². The third-order valence-corrected chi connectivity index (χ3v) is 0. The topological polar surface area (TPSA) is 48.6 Å². The molecule has 0 atom stereocenters. The van der Waals surface area contributed by atoms with Gasteiger partial charge in [0, 0.05) is 6.92 Å². The second kappa shape index (κ2) is 18.9. The van der Waals surface area contributed by atoms with Crippen molar-refractivity contribution in [3.63, 3.8) is 0 Å². The molecule has 5 heavy (non-hydrogen) atoms. The molecule has 0 aromatic rings. The molecular formula is C2H7BaO2. The van der Waals surface area contributed by atoms with Gasteiger partial charge in [0.15, 0.2) is 6.29 Å². The fourth-order valence-electron chi connectivity index (χ4n) is 0. The number of rotatable bonds is 0. The minimum atomic E-state index is 0. The molecule has 2 N–H and O–H groups in total. The van der Waals surface area contributed by atoms with Crippen LogP contribution in [0.25, 0.3) is 0 Å². The molecule has 2 nitrogen and oxygen atoms in total. The molecule has 0 aliphatic heterocycles. The minimum absolute atomic E-state index is 0. The van der Waals surface area contributed by atoms with Crippen LogP contribution in [0.4, 0.5) is 0 Å². The summed E-state index contributed by atoms with van der Waals surface area (Å²) < 4.78 is 0. The van der Waals surface area contributed by atoms with Crippen LogP contribution in [-0.4, -0.2) is 60.6 Å². The Kier molecular flexibility index (Phi) is 62.0. The first-order chi connectivity index (χ1) is 1.41. The van der Waals surface area contributed by atoms with Crippen molar-refractivity contribution in [2.24, 2.45) is 0 Å². The van der Waals surface area contributed by atoms with Crippen LogP contribution in [0, 0.1) is 0 Å². The van der Waals surface area contributed by atoms with E-state index in [1.165, 1.54) is 13.2 Å². The zero-order chi connectivity index (χ0) is 2.71. The van der Waals surface area contributed by atoms with Crippen LogP contribution in [0.15, 0.2) is 0 Å². The van der Waals surface area contributed by atoms with Gasteiger partial charge in [0.05, 0.1) is 0 Å². The third-order valence-electron chi connectivity index (χ3n) is 0. The Morgan fingerprint density at radius 3 is 1.60 bits per heavy atom. The van der Waals surface area contributed by atoms with Gasteiger partial charge in [-0.05, 0) is 0 Å². The van der Waals surface area contributed by atoms with E-state index in [0.29, 0.717) is 0 Å². The van der Waals surface area contributed by atoms with Gasteiger partial charge >= 0.3 is 48.9 Å². The van der Waals surface area contributed by atoms with Gasteiger partial charge in [-0.2, -0.15) is 0 Å². The van der Waals surface area contributed by atoms with Crippen LogP contribution in [0.3, 0.4) is 0 Å². The first kappa shape index (κ1) is 16.4. The maximum absolute atomic E-state index is 8.68. The van der Waals surface area contributed by atoms with Crippen LogP contribution >= 0.6 is 0 Å². The molecular weight excluding hydrogens is 193 g/mol.